The molecule has 3 aromatic carbocycles. The van der Waals surface area contributed by atoms with E-state index >= 15 is 0 Å². The maximum absolute atomic E-state index is 9.74. The first-order chi connectivity index (χ1) is 16.0. The number of imidazole rings is 1. The lowest BCUT2D eigenvalue weighted by molar-refractivity contribution is 0.751. The molecule has 0 aliphatic heterocycles. The Morgan fingerprint density at radius 1 is 1.00 bits per heavy atom. The fraction of sp³-hybridized carbons (Fsp3) is 0.267. The van der Waals surface area contributed by atoms with E-state index in [1.165, 1.54) is 44.5 Å². The normalized spacial score (nSPS) is 14.4. The van der Waals surface area contributed by atoms with E-state index in [1.54, 1.807) is 0 Å². The van der Waals surface area contributed by atoms with Crippen LogP contribution in [0.25, 0.3) is 16.6 Å². The molecule has 3 nitrogen and oxygen atoms in total. The summed E-state index contributed by atoms with van der Waals surface area (Å²) in [5.41, 5.74) is 13.0. The van der Waals surface area contributed by atoms with Crippen LogP contribution in [0, 0.1) is 25.2 Å². The molecule has 5 rings (SSSR count). The Labute approximate surface area is 196 Å². The van der Waals surface area contributed by atoms with Gasteiger partial charge in [0.25, 0.3) is 0 Å². The van der Waals surface area contributed by atoms with Crippen molar-refractivity contribution in [2.75, 3.05) is 0 Å². The Balaban J connectivity index is 1.62. The summed E-state index contributed by atoms with van der Waals surface area (Å²) in [6, 6.07) is 22.2. The van der Waals surface area contributed by atoms with Gasteiger partial charge in [-0.3, -0.25) is 0 Å². The molecular weight excluding hydrogens is 402 g/mol. The highest BCUT2D eigenvalue weighted by Crippen LogP contribution is 2.36. The summed E-state index contributed by atoms with van der Waals surface area (Å²) in [6.07, 6.45) is 2.87. The summed E-state index contributed by atoms with van der Waals surface area (Å²) >= 11 is 0. The van der Waals surface area contributed by atoms with Crippen LogP contribution in [0.5, 0.6) is 0 Å². The van der Waals surface area contributed by atoms with Crippen molar-refractivity contribution >= 4 is 16.6 Å². The van der Waals surface area contributed by atoms with Gasteiger partial charge in [-0.15, -0.1) is 0 Å². The molecule has 1 aromatic heterocycles. The molecule has 0 bridgehead atoms. The van der Waals surface area contributed by atoms with E-state index in [2.05, 4.69) is 86.0 Å². The van der Waals surface area contributed by atoms with Crippen molar-refractivity contribution in [1.82, 2.24) is 9.55 Å². The molecule has 0 radical (unpaired) electrons. The van der Waals surface area contributed by atoms with Crippen LogP contribution < -0.4 is 0 Å². The summed E-state index contributed by atoms with van der Waals surface area (Å²) in [6.45, 7) is 9.22. The number of aryl methyl sites for hydroxylation is 5. The van der Waals surface area contributed by atoms with Crippen molar-refractivity contribution in [3.05, 3.63) is 105 Å². The molecule has 4 aromatic rings. The van der Waals surface area contributed by atoms with E-state index in [1.807, 2.05) is 6.92 Å². The molecule has 1 aliphatic carbocycles. The molecule has 0 saturated heterocycles. The van der Waals surface area contributed by atoms with Gasteiger partial charge < -0.3 is 4.57 Å². The molecule has 3 heteroatoms. The maximum Gasteiger partial charge on any atom is 0.109 e. The molecule has 0 fully saturated rings. The quantitative estimate of drug-likeness (QED) is 0.338. The summed E-state index contributed by atoms with van der Waals surface area (Å²) in [4.78, 5) is 4.96. The zero-order valence-electron chi connectivity index (χ0n) is 19.9. The van der Waals surface area contributed by atoms with Crippen molar-refractivity contribution in [3.8, 4) is 6.07 Å². The summed E-state index contributed by atoms with van der Waals surface area (Å²) in [7, 11) is 0. The summed E-state index contributed by atoms with van der Waals surface area (Å²) < 4.78 is 2.37. The second-order valence-corrected chi connectivity index (χ2v) is 9.18. The van der Waals surface area contributed by atoms with Crippen LogP contribution in [-0.2, 0) is 25.8 Å². The smallest absolute Gasteiger partial charge is 0.109 e. The van der Waals surface area contributed by atoms with Crippen LogP contribution in [0.1, 0.15) is 58.6 Å². The molecule has 0 spiro atoms. The Morgan fingerprint density at radius 3 is 2.55 bits per heavy atom. The third kappa shape index (κ3) is 3.66. The average molecular weight is 432 g/mol. The number of fused-ring (bicyclic) bond motifs is 3. The zero-order chi connectivity index (χ0) is 23.1. The first-order valence-electron chi connectivity index (χ1n) is 11.8. The molecule has 0 saturated carbocycles. The van der Waals surface area contributed by atoms with Gasteiger partial charge in [-0.25, -0.2) is 4.98 Å². The Morgan fingerprint density at radius 2 is 1.76 bits per heavy atom. The Kier molecular flexibility index (Phi) is 5.38. The Bertz CT molecular complexity index is 1460. The van der Waals surface area contributed by atoms with E-state index in [0.29, 0.717) is 0 Å². The third-order valence-electron chi connectivity index (χ3n) is 6.86. The fourth-order valence-corrected chi connectivity index (χ4v) is 5.30. The number of rotatable bonds is 3. The SMILES string of the molecule is CCc1nc2c(C)cc(C)cc2n1Cc1ccc2c(c1)CCc1ccccc1/C2=C(/C)C#N. The second-order valence-electron chi connectivity index (χ2n) is 9.18. The zero-order valence-corrected chi connectivity index (χ0v) is 19.9. The highest BCUT2D eigenvalue weighted by atomic mass is 15.1. The van der Waals surface area contributed by atoms with Crippen LogP contribution >= 0.6 is 0 Å². The molecule has 0 atom stereocenters. The van der Waals surface area contributed by atoms with Gasteiger partial charge in [-0.1, -0.05) is 55.5 Å². The fourth-order valence-electron chi connectivity index (χ4n) is 5.30. The second kappa shape index (κ2) is 8.37. The number of hydrogen-bond acceptors (Lipinski definition) is 2. The molecule has 0 unspecified atom stereocenters. The van der Waals surface area contributed by atoms with Gasteiger partial charge in [0.1, 0.15) is 5.82 Å². The summed E-state index contributed by atoms with van der Waals surface area (Å²) in [5.74, 6) is 1.13. The van der Waals surface area contributed by atoms with Gasteiger partial charge in [0.05, 0.1) is 17.1 Å². The number of hydrogen-bond donors (Lipinski definition) is 0. The highest BCUT2D eigenvalue weighted by Gasteiger charge is 2.21. The minimum Gasteiger partial charge on any atom is -0.323 e. The van der Waals surface area contributed by atoms with Crippen molar-refractivity contribution in [3.63, 3.8) is 0 Å². The van der Waals surface area contributed by atoms with Crippen LogP contribution in [0.4, 0.5) is 0 Å². The van der Waals surface area contributed by atoms with Crippen LogP contribution in [-0.4, -0.2) is 9.55 Å². The van der Waals surface area contributed by atoms with Gasteiger partial charge in [0.2, 0.25) is 0 Å². The molecule has 164 valence electrons. The topological polar surface area (TPSA) is 41.6 Å². The van der Waals surface area contributed by atoms with E-state index in [0.717, 1.165) is 48.3 Å². The van der Waals surface area contributed by atoms with Crippen molar-refractivity contribution in [1.29, 1.82) is 5.26 Å². The van der Waals surface area contributed by atoms with E-state index in [9.17, 15) is 5.26 Å². The lowest BCUT2D eigenvalue weighted by Crippen LogP contribution is -2.06. The molecular formula is C30H29N3. The van der Waals surface area contributed by atoms with E-state index in [4.69, 9.17) is 4.98 Å². The first kappa shape index (κ1) is 21.2. The van der Waals surface area contributed by atoms with Gasteiger partial charge in [-0.2, -0.15) is 5.26 Å². The number of nitrogens with zero attached hydrogens (tertiary/aromatic N) is 3. The third-order valence-corrected chi connectivity index (χ3v) is 6.86. The standard InChI is InChI=1S/C30H29N3/c1-5-28-32-30-20(3)14-19(2)15-27(30)33(28)18-22-10-13-26-24(16-22)12-11-23-8-6-7-9-25(23)29(26)21(4)17-31/h6-10,13-16H,5,11-12,18H2,1-4H3/b29-21+. The lowest BCUT2D eigenvalue weighted by Gasteiger charge is -2.15. The van der Waals surface area contributed by atoms with Crippen LogP contribution in [0.2, 0.25) is 0 Å². The van der Waals surface area contributed by atoms with Gasteiger partial charge in [0, 0.05) is 24.1 Å². The maximum atomic E-state index is 9.74. The average Bonchev–Trinajstić information content (AvgIpc) is 3.07. The number of aromatic nitrogens is 2. The first-order valence-corrected chi connectivity index (χ1v) is 11.8. The minimum absolute atomic E-state index is 0.776. The Hall–Kier alpha value is -3.64. The van der Waals surface area contributed by atoms with Crippen molar-refractivity contribution in [2.45, 2.75) is 53.5 Å². The van der Waals surface area contributed by atoms with Crippen LogP contribution in [0.15, 0.2) is 60.2 Å². The molecule has 1 heterocycles. The molecule has 33 heavy (non-hydrogen) atoms. The van der Waals surface area contributed by atoms with Crippen LogP contribution in [0.3, 0.4) is 0 Å². The summed E-state index contributed by atoms with van der Waals surface area (Å²) in [5, 5.41) is 9.74. The molecule has 0 amide bonds. The van der Waals surface area contributed by atoms with Crippen molar-refractivity contribution in [2.24, 2.45) is 0 Å². The highest BCUT2D eigenvalue weighted by molar-refractivity contribution is 5.87. The van der Waals surface area contributed by atoms with Gasteiger partial charge >= 0.3 is 0 Å². The van der Waals surface area contributed by atoms with E-state index in [-0.39, 0.29) is 0 Å². The van der Waals surface area contributed by atoms with Gasteiger partial charge in [-0.05, 0) is 78.6 Å². The van der Waals surface area contributed by atoms with Gasteiger partial charge in [0.15, 0.2) is 0 Å². The molecule has 1 aliphatic rings. The lowest BCUT2D eigenvalue weighted by atomic mass is 9.90. The van der Waals surface area contributed by atoms with E-state index < -0.39 is 0 Å². The van der Waals surface area contributed by atoms with Crippen molar-refractivity contribution < 1.29 is 0 Å². The minimum atomic E-state index is 0.776. The number of nitriles is 1. The number of benzene rings is 3. The predicted molar refractivity (Wildman–Crippen MR) is 135 cm³/mol. The predicted octanol–water partition coefficient (Wildman–Crippen LogP) is 6.71. The largest absolute Gasteiger partial charge is 0.323 e. The monoisotopic (exact) mass is 431 g/mol. The number of allylic oxidation sites excluding steroid dienone is 1. The molecule has 0 N–H and O–H groups in total.